The number of anilines is 2. The fourth-order valence-electron chi connectivity index (χ4n) is 2.60. The molecule has 0 bridgehead atoms. The quantitative estimate of drug-likeness (QED) is 0.593. The van der Waals surface area contributed by atoms with E-state index in [1.165, 1.54) is 23.3 Å². The minimum absolute atomic E-state index is 0. The first-order chi connectivity index (χ1) is 14.2. The van der Waals surface area contributed by atoms with Crippen LogP contribution in [0.4, 0.5) is 11.4 Å². The van der Waals surface area contributed by atoms with E-state index in [0.717, 1.165) is 12.1 Å². The second-order valence-corrected chi connectivity index (χ2v) is 7.69. The van der Waals surface area contributed by atoms with Gasteiger partial charge in [0, 0.05) is 23.2 Å². The predicted octanol–water partition coefficient (Wildman–Crippen LogP) is 5.47. The van der Waals surface area contributed by atoms with Crippen molar-refractivity contribution in [2.75, 3.05) is 10.6 Å². The summed E-state index contributed by atoms with van der Waals surface area (Å²) >= 11 is 0. The number of amides is 2. The topological polar surface area (TPSA) is 95.5 Å². The SMILES string of the molecule is C.CC(C)C(=O)Nc1ccc(C(=O)O)cc1.CC(C)C(=O)Nc1ccc2c(c1)C=CC2. The Morgan fingerprint density at radius 3 is 1.87 bits per heavy atom. The number of nitrogens with one attached hydrogen (secondary N) is 2. The Balaban J connectivity index is 0.000000300. The molecule has 3 N–H and O–H groups in total. The summed E-state index contributed by atoms with van der Waals surface area (Å²) in [5.41, 5.74) is 4.25. The van der Waals surface area contributed by atoms with Crippen molar-refractivity contribution >= 4 is 35.2 Å². The van der Waals surface area contributed by atoms with Crippen LogP contribution in [0.15, 0.2) is 48.5 Å². The Bertz CT molecular complexity index is 944. The van der Waals surface area contributed by atoms with Gasteiger partial charge >= 0.3 is 5.97 Å². The molecule has 0 aliphatic heterocycles. The first kappa shape index (κ1) is 25.6. The van der Waals surface area contributed by atoms with Crippen molar-refractivity contribution in [2.24, 2.45) is 11.8 Å². The predicted molar refractivity (Wildman–Crippen MR) is 126 cm³/mol. The minimum atomic E-state index is -0.975. The highest BCUT2D eigenvalue weighted by Gasteiger charge is 2.10. The maximum absolute atomic E-state index is 11.5. The number of carbonyl (C=O) groups excluding carboxylic acids is 2. The number of carboxylic acids is 1. The van der Waals surface area contributed by atoms with Gasteiger partial charge in [-0.25, -0.2) is 4.79 Å². The summed E-state index contributed by atoms with van der Waals surface area (Å²) in [6.45, 7) is 7.37. The van der Waals surface area contributed by atoms with Gasteiger partial charge in [0.1, 0.15) is 0 Å². The third-order valence-electron chi connectivity index (χ3n) is 4.50. The molecule has 0 saturated heterocycles. The van der Waals surface area contributed by atoms with Gasteiger partial charge in [-0.3, -0.25) is 9.59 Å². The maximum atomic E-state index is 11.5. The Labute approximate surface area is 184 Å². The molecule has 6 heteroatoms. The third kappa shape index (κ3) is 7.74. The van der Waals surface area contributed by atoms with Gasteiger partial charge < -0.3 is 15.7 Å². The molecule has 31 heavy (non-hydrogen) atoms. The normalized spacial score (nSPS) is 11.2. The van der Waals surface area contributed by atoms with Crippen LogP contribution in [0.2, 0.25) is 0 Å². The van der Waals surface area contributed by atoms with Gasteiger partial charge in [-0.1, -0.05) is 53.3 Å². The van der Waals surface area contributed by atoms with Crippen LogP contribution in [0, 0.1) is 11.8 Å². The van der Waals surface area contributed by atoms with Crippen LogP contribution in [0.5, 0.6) is 0 Å². The number of aromatic carboxylic acids is 1. The third-order valence-corrected chi connectivity index (χ3v) is 4.50. The van der Waals surface area contributed by atoms with Crippen molar-refractivity contribution in [3.8, 4) is 0 Å². The smallest absolute Gasteiger partial charge is 0.335 e. The van der Waals surface area contributed by atoms with Crippen LogP contribution in [0.1, 0.15) is 56.6 Å². The number of carbonyl (C=O) groups is 3. The zero-order valence-electron chi connectivity index (χ0n) is 17.7. The van der Waals surface area contributed by atoms with Gasteiger partial charge in [0.15, 0.2) is 0 Å². The Hall–Kier alpha value is -3.41. The van der Waals surface area contributed by atoms with E-state index >= 15 is 0 Å². The van der Waals surface area contributed by atoms with Crippen LogP contribution in [0.3, 0.4) is 0 Å². The number of hydrogen-bond donors (Lipinski definition) is 3. The van der Waals surface area contributed by atoms with Crippen LogP contribution in [-0.4, -0.2) is 22.9 Å². The van der Waals surface area contributed by atoms with Crippen LogP contribution in [-0.2, 0) is 16.0 Å². The van der Waals surface area contributed by atoms with Gasteiger partial charge in [0.2, 0.25) is 11.8 Å². The summed E-state index contributed by atoms with van der Waals surface area (Å²) in [6.07, 6.45) is 5.24. The van der Waals surface area contributed by atoms with E-state index < -0.39 is 5.97 Å². The summed E-state index contributed by atoms with van der Waals surface area (Å²) in [7, 11) is 0. The van der Waals surface area contributed by atoms with Crippen LogP contribution < -0.4 is 10.6 Å². The van der Waals surface area contributed by atoms with Crippen molar-refractivity contribution in [2.45, 2.75) is 41.5 Å². The molecule has 166 valence electrons. The van der Waals surface area contributed by atoms with E-state index in [1.807, 2.05) is 26.0 Å². The lowest BCUT2D eigenvalue weighted by atomic mass is 10.1. The lowest BCUT2D eigenvalue weighted by Crippen LogP contribution is -2.17. The van der Waals surface area contributed by atoms with E-state index in [1.54, 1.807) is 26.0 Å². The minimum Gasteiger partial charge on any atom is -0.478 e. The van der Waals surface area contributed by atoms with Gasteiger partial charge in [-0.2, -0.15) is 0 Å². The van der Waals surface area contributed by atoms with Crippen molar-refractivity contribution in [3.63, 3.8) is 0 Å². The lowest BCUT2D eigenvalue weighted by Gasteiger charge is -2.08. The molecule has 0 spiro atoms. The molecule has 0 unspecified atom stereocenters. The van der Waals surface area contributed by atoms with Gasteiger partial charge in [-0.05, 0) is 53.9 Å². The van der Waals surface area contributed by atoms with Crippen LogP contribution >= 0.6 is 0 Å². The first-order valence-electron chi connectivity index (χ1n) is 9.92. The highest BCUT2D eigenvalue weighted by molar-refractivity contribution is 5.93. The van der Waals surface area contributed by atoms with E-state index in [-0.39, 0.29) is 36.6 Å². The zero-order valence-corrected chi connectivity index (χ0v) is 17.7. The number of benzene rings is 2. The summed E-state index contributed by atoms with van der Waals surface area (Å²) in [5.74, 6) is -1.07. The van der Waals surface area contributed by atoms with Gasteiger partial charge in [0.05, 0.1) is 5.56 Å². The first-order valence-corrected chi connectivity index (χ1v) is 9.92. The fourth-order valence-corrected chi connectivity index (χ4v) is 2.60. The number of rotatable bonds is 5. The molecule has 1 aliphatic rings. The molecular formula is C25H32N2O4. The van der Waals surface area contributed by atoms with Gasteiger partial charge in [-0.15, -0.1) is 0 Å². The average molecular weight is 425 g/mol. The van der Waals surface area contributed by atoms with Crippen molar-refractivity contribution in [3.05, 3.63) is 65.2 Å². The van der Waals surface area contributed by atoms with E-state index in [4.69, 9.17) is 5.11 Å². The van der Waals surface area contributed by atoms with Crippen molar-refractivity contribution < 1.29 is 19.5 Å². The number of hydrogen-bond acceptors (Lipinski definition) is 3. The Morgan fingerprint density at radius 2 is 1.35 bits per heavy atom. The fraction of sp³-hybridized carbons (Fsp3) is 0.320. The second-order valence-electron chi connectivity index (χ2n) is 7.69. The summed E-state index contributed by atoms with van der Waals surface area (Å²) < 4.78 is 0. The van der Waals surface area contributed by atoms with Crippen molar-refractivity contribution in [1.82, 2.24) is 0 Å². The van der Waals surface area contributed by atoms with E-state index in [9.17, 15) is 14.4 Å². The lowest BCUT2D eigenvalue weighted by molar-refractivity contribution is -0.119. The Morgan fingerprint density at radius 1 is 0.839 bits per heavy atom. The summed E-state index contributed by atoms with van der Waals surface area (Å²) in [6, 6.07) is 12.1. The highest BCUT2D eigenvalue weighted by atomic mass is 16.4. The molecular weight excluding hydrogens is 392 g/mol. The molecule has 2 aromatic rings. The van der Waals surface area contributed by atoms with Crippen LogP contribution in [0.25, 0.3) is 6.08 Å². The average Bonchev–Trinajstić information content (AvgIpc) is 3.16. The van der Waals surface area contributed by atoms with E-state index in [2.05, 4.69) is 28.9 Å². The molecule has 0 radical (unpaired) electrons. The monoisotopic (exact) mass is 424 g/mol. The number of carboxylic acid groups (broad SMARTS) is 1. The molecule has 0 heterocycles. The molecule has 3 rings (SSSR count). The maximum Gasteiger partial charge on any atom is 0.335 e. The van der Waals surface area contributed by atoms with E-state index in [0.29, 0.717) is 5.69 Å². The molecule has 2 amide bonds. The standard InChI is InChI=1S/C13H15NO.C11H13NO3.CH4/c1-9(2)13(15)14-12-7-6-10-4-3-5-11(10)8-12;1-7(2)10(13)12-9-5-3-8(4-6-9)11(14)15;/h3,5-9H,4H2,1-2H3,(H,14,15);3-7H,1-2H3,(H,12,13)(H,14,15);1H4. The number of allylic oxidation sites excluding steroid dienone is 1. The highest BCUT2D eigenvalue weighted by Crippen LogP contribution is 2.23. The van der Waals surface area contributed by atoms with Crippen molar-refractivity contribution in [1.29, 1.82) is 0 Å². The Kier molecular flexibility index (Phi) is 9.67. The largest absolute Gasteiger partial charge is 0.478 e. The number of fused-ring (bicyclic) bond motifs is 1. The molecule has 2 aromatic carbocycles. The molecule has 6 nitrogen and oxygen atoms in total. The zero-order chi connectivity index (χ0) is 22.3. The summed E-state index contributed by atoms with van der Waals surface area (Å²) in [4.78, 5) is 33.3. The molecule has 0 atom stereocenters. The second kappa shape index (κ2) is 11.7. The van der Waals surface area contributed by atoms with Gasteiger partial charge in [0.25, 0.3) is 0 Å². The molecule has 0 aromatic heterocycles. The molecule has 1 aliphatic carbocycles. The molecule has 0 saturated carbocycles. The molecule has 0 fully saturated rings. The summed E-state index contributed by atoms with van der Waals surface area (Å²) in [5, 5.41) is 14.2.